The van der Waals surface area contributed by atoms with Crippen LogP contribution >= 0.6 is 12.4 Å². The van der Waals surface area contributed by atoms with E-state index in [-0.39, 0.29) is 24.5 Å². The summed E-state index contributed by atoms with van der Waals surface area (Å²) in [7, 11) is 0. The Balaban J connectivity index is 0.00000180. The number of rotatable bonds is 3. The first-order valence-corrected chi connectivity index (χ1v) is 6.21. The molecule has 106 valence electrons. The lowest BCUT2D eigenvalue weighted by atomic mass is 10.1. The van der Waals surface area contributed by atoms with Gasteiger partial charge in [0.25, 0.3) is 0 Å². The number of benzene rings is 1. The van der Waals surface area contributed by atoms with Crippen molar-refractivity contribution in [2.45, 2.75) is 25.5 Å². The number of piperidine rings is 1. The van der Waals surface area contributed by atoms with Gasteiger partial charge < -0.3 is 9.64 Å². The van der Waals surface area contributed by atoms with Gasteiger partial charge in [-0.3, -0.25) is 11.3 Å². The van der Waals surface area contributed by atoms with E-state index in [0.717, 1.165) is 24.9 Å². The van der Waals surface area contributed by atoms with Crippen LogP contribution in [0.5, 0.6) is 0 Å². The molecule has 0 spiro atoms. The summed E-state index contributed by atoms with van der Waals surface area (Å²) >= 11 is 0. The lowest BCUT2D eigenvalue weighted by molar-refractivity contribution is 0.0834. The molecule has 0 radical (unpaired) electrons. The number of nitrogens with two attached hydrogens (primary N) is 1. The van der Waals surface area contributed by atoms with Crippen molar-refractivity contribution < 1.29 is 9.53 Å². The van der Waals surface area contributed by atoms with Gasteiger partial charge in [-0.15, -0.1) is 12.4 Å². The van der Waals surface area contributed by atoms with Crippen molar-refractivity contribution in [2.75, 3.05) is 13.1 Å². The molecule has 2 rings (SSSR count). The predicted molar refractivity (Wildman–Crippen MR) is 75.8 cm³/mol. The van der Waals surface area contributed by atoms with Crippen LogP contribution in [0.15, 0.2) is 30.3 Å². The number of carbonyl (C=O) groups excluding carboxylic acids is 1. The minimum absolute atomic E-state index is 0. The number of hydrogen-bond donors (Lipinski definition) is 2. The van der Waals surface area contributed by atoms with Gasteiger partial charge in [-0.2, -0.15) is 0 Å². The van der Waals surface area contributed by atoms with E-state index >= 15 is 0 Å². The molecule has 6 heteroatoms. The molecule has 1 aromatic carbocycles. The van der Waals surface area contributed by atoms with Gasteiger partial charge in [0, 0.05) is 19.1 Å². The number of hydrogen-bond acceptors (Lipinski definition) is 4. The molecule has 1 heterocycles. The monoisotopic (exact) mass is 285 g/mol. The Morgan fingerprint density at radius 1 is 1.42 bits per heavy atom. The summed E-state index contributed by atoms with van der Waals surface area (Å²) in [6.45, 7) is 1.67. The van der Waals surface area contributed by atoms with Gasteiger partial charge in [0.1, 0.15) is 6.61 Å². The molecule has 19 heavy (non-hydrogen) atoms. The molecule has 1 aliphatic rings. The summed E-state index contributed by atoms with van der Waals surface area (Å²) in [6, 6.07) is 9.84. The van der Waals surface area contributed by atoms with Crippen LogP contribution in [0.3, 0.4) is 0 Å². The number of ether oxygens (including phenoxy) is 1. The van der Waals surface area contributed by atoms with Gasteiger partial charge in [0.2, 0.25) is 0 Å². The van der Waals surface area contributed by atoms with E-state index in [1.165, 1.54) is 0 Å². The van der Waals surface area contributed by atoms with E-state index in [9.17, 15) is 4.79 Å². The Bertz CT molecular complexity index is 389. The summed E-state index contributed by atoms with van der Waals surface area (Å²) in [5.74, 6) is 5.40. The minimum Gasteiger partial charge on any atom is -0.445 e. The summed E-state index contributed by atoms with van der Waals surface area (Å²) in [6.07, 6.45) is 1.69. The first-order valence-electron chi connectivity index (χ1n) is 6.21. The Kier molecular flexibility index (Phi) is 6.62. The third-order valence-electron chi connectivity index (χ3n) is 3.12. The number of nitrogens with one attached hydrogen (secondary N) is 1. The van der Waals surface area contributed by atoms with E-state index in [1.807, 2.05) is 30.3 Å². The zero-order chi connectivity index (χ0) is 12.8. The number of hydrazine groups is 1. The Morgan fingerprint density at radius 3 is 2.84 bits per heavy atom. The minimum atomic E-state index is -0.265. The van der Waals surface area contributed by atoms with Crippen LogP contribution in [0, 0.1) is 0 Å². The van der Waals surface area contributed by atoms with Crippen LogP contribution in [-0.2, 0) is 11.3 Å². The average Bonchev–Trinajstić information content (AvgIpc) is 2.46. The molecular formula is C13H20ClN3O2. The van der Waals surface area contributed by atoms with Crippen molar-refractivity contribution in [1.82, 2.24) is 10.3 Å². The van der Waals surface area contributed by atoms with Crippen LogP contribution in [0.25, 0.3) is 0 Å². The highest BCUT2D eigenvalue weighted by Gasteiger charge is 2.23. The first-order chi connectivity index (χ1) is 8.79. The molecule has 1 unspecified atom stereocenters. The molecule has 1 aliphatic heterocycles. The molecule has 1 aromatic rings. The Labute approximate surface area is 119 Å². The largest absolute Gasteiger partial charge is 0.445 e. The van der Waals surface area contributed by atoms with Crippen molar-refractivity contribution in [3.63, 3.8) is 0 Å². The second kappa shape index (κ2) is 7.99. The maximum absolute atomic E-state index is 11.9. The second-order valence-corrected chi connectivity index (χ2v) is 4.49. The van der Waals surface area contributed by atoms with Crippen LogP contribution in [0.2, 0.25) is 0 Å². The molecule has 0 saturated carbocycles. The molecule has 0 aromatic heterocycles. The van der Waals surface area contributed by atoms with Gasteiger partial charge in [0.15, 0.2) is 0 Å². The van der Waals surface area contributed by atoms with Crippen LogP contribution < -0.4 is 11.3 Å². The Hall–Kier alpha value is -1.30. The quantitative estimate of drug-likeness (QED) is 0.655. The maximum atomic E-state index is 11.9. The fourth-order valence-electron chi connectivity index (χ4n) is 2.09. The smallest absolute Gasteiger partial charge is 0.410 e. The van der Waals surface area contributed by atoms with E-state index in [4.69, 9.17) is 10.6 Å². The molecular weight excluding hydrogens is 266 g/mol. The first kappa shape index (κ1) is 15.8. The van der Waals surface area contributed by atoms with Crippen LogP contribution in [0.4, 0.5) is 4.79 Å². The van der Waals surface area contributed by atoms with Crippen LogP contribution in [-0.4, -0.2) is 30.1 Å². The lowest BCUT2D eigenvalue weighted by Gasteiger charge is -2.31. The standard InChI is InChI=1S/C13H19N3O2.ClH/c14-15-12-7-4-8-16(9-12)13(17)18-10-11-5-2-1-3-6-11;/h1-3,5-6,12,15H,4,7-10,14H2;1H. The Morgan fingerprint density at radius 2 is 2.16 bits per heavy atom. The van der Waals surface area contributed by atoms with Crippen molar-refractivity contribution in [3.05, 3.63) is 35.9 Å². The highest BCUT2D eigenvalue weighted by molar-refractivity contribution is 5.85. The highest BCUT2D eigenvalue weighted by Crippen LogP contribution is 2.11. The number of halogens is 1. The molecule has 0 bridgehead atoms. The molecule has 0 aliphatic carbocycles. The fraction of sp³-hybridized carbons (Fsp3) is 0.462. The number of carbonyl (C=O) groups is 1. The lowest BCUT2D eigenvalue weighted by Crippen LogP contribution is -2.50. The SMILES string of the molecule is Cl.NNC1CCCN(C(=O)OCc2ccccc2)C1. The van der Waals surface area contributed by atoms with Crippen molar-refractivity contribution in [2.24, 2.45) is 5.84 Å². The van der Waals surface area contributed by atoms with Gasteiger partial charge in [-0.1, -0.05) is 30.3 Å². The normalized spacial score (nSPS) is 18.6. The third kappa shape index (κ3) is 4.70. The van der Waals surface area contributed by atoms with E-state index in [1.54, 1.807) is 4.90 Å². The molecule has 1 fully saturated rings. The van der Waals surface area contributed by atoms with Crippen molar-refractivity contribution >= 4 is 18.5 Å². The summed E-state index contributed by atoms with van der Waals surface area (Å²) in [4.78, 5) is 13.6. The summed E-state index contributed by atoms with van der Waals surface area (Å²) < 4.78 is 5.28. The molecule has 3 N–H and O–H groups in total. The predicted octanol–water partition coefficient (Wildman–Crippen LogP) is 1.67. The number of likely N-dealkylation sites (tertiary alicyclic amines) is 1. The number of nitrogens with zero attached hydrogens (tertiary/aromatic N) is 1. The molecule has 1 atom stereocenters. The van der Waals surface area contributed by atoms with Gasteiger partial charge >= 0.3 is 6.09 Å². The van der Waals surface area contributed by atoms with E-state index < -0.39 is 0 Å². The molecule has 5 nitrogen and oxygen atoms in total. The topological polar surface area (TPSA) is 67.6 Å². The zero-order valence-corrected chi connectivity index (χ0v) is 11.6. The van der Waals surface area contributed by atoms with Crippen LogP contribution in [0.1, 0.15) is 18.4 Å². The maximum Gasteiger partial charge on any atom is 0.410 e. The molecule has 1 saturated heterocycles. The van der Waals surface area contributed by atoms with Crippen molar-refractivity contribution in [1.29, 1.82) is 0 Å². The summed E-state index contributed by atoms with van der Waals surface area (Å²) in [5, 5.41) is 0. The third-order valence-corrected chi connectivity index (χ3v) is 3.12. The van der Waals surface area contributed by atoms with E-state index in [0.29, 0.717) is 13.2 Å². The molecule has 1 amide bonds. The van der Waals surface area contributed by atoms with Gasteiger partial charge in [0.05, 0.1) is 0 Å². The highest BCUT2D eigenvalue weighted by atomic mass is 35.5. The average molecular weight is 286 g/mol. The second-order valence-electron chi connectivity index (χ2n) is 4.49. The fourth-order valence-corrected chi connectivity index (χ4v) is 2.09. The number of amides is 1. The van der Waals surface area contributed by atoms with Gasteiger partial charge in [-0.25, -0.2) is 4.79 Å². The van der Waals surface area contributed by atoms with Gasteiger partial charge in [-0.05, 0) is 18.4 Å². The zero-order valence-electron chi connectivity index (χ0n) is 10.7. The summed E-state index contributed by atoms with van der Waals surface area (Å²) in [5.41, 5.74) is 3.71. The van der Waals surface area contributed by atoms with E-state index in [2.05, 4.69) is 5.43 Å². The van der Waals surface area contributed by atoms with Crippen molar-refractivity contribution in [3.8, 4) is 0 Å².